The molecule has 0 saturated carbocycles. The minimum atomic E-state index is 0.119. The number of piperidine rings is 1. The highest BCUT2D eigenvalue weighted by atomic mass is 16.5. The predicted molar refractivity (Wildman–Crippen MR) is 99.5 cm³/mol. The van der Waals surface area contributed by atoms with E-state index in [0.29, 0.717) is 0 Å². The number of ether oxygens (including phenoxy) is 1. The molecule has 2 aromatic rings. The fourth-order valence-electron chi connectivity index (χ4n) is 3.96. The van der Waals surface area contributed by atoms with Gasteiger partial charge in [0.2, 0.25) is 0 Å². The van der Waals surface area contributed by atoms with Gasteiger partial charge in [-0.3, -0.25) is 9.69 Å². The van der Waals surface area contributed by atoms with Crippen molar-refractivity contribution in [3.63, 3.8) is 0 Å². The normalized spacial score (nSPS) is 21.7. The fraction of sp³-hybridized carbons (Fsp3) is 0.500. The second-order valence-electron chi connectivity index (χ2n) is 7.03. The Morgan fingerprint density at radius 1 is 1.12 bits per heavy atom. The maximum atomic E-state index is 13.4. The Morgan fingerprint density at radius 2 is 1.96 bits per heavy atom. The molecule has 2 saturated heterocycles. The van der Waals surface area contributed by atoms with Crippen LogP contribution in [0.1, 0.15) is 29.6 Å². The minimum absolute atomic E-state index is 0.119. The van der Waals surface area contributed by atoms with Crippen LogP contribution in [0.4, 0.5) is 0 Å². The number of para-hydroxylation sites is 1. The number of nitrogens with zero attached hydrogens (tertiary/aromatic N) is 4. The maximum absolute atomic E-state index is 13.4. The third kappa shape index (κ3) is 3.66. The molecule has 138 valence electrons. The summed E-state index contributed by atoms with van der Waals surface area (Å²) in [6.45, 7) is 5.29. The van der Waals surface area contributed by atoms with Crippen molar-refractivity contribution in [3.05, 3.63) is 48.3 Å². The number of hydrogen-bond donors (Lipinski definition) is 0. The Balaban J connectivity index is 1.56. The van der Waals surface area contributed by atoms with Crippen LogP contribution in [0.5, 0.6) is 0 Å². The summed E-state index contributed by atoms with van der Waals surface area (Å²) >= 11 is 0. The van der Waals surface area contributed by atoms with Crippen LogP contribution in [0, 0.1) is 0 Å². The van der Waals surface area contributed by atoms with Gasteiger partial charge >= 0.3 is 0 Å². The Labute approximate surface area is 154 Å². The summed E-state index contributed by atoms with van der Waals surface area (Å²) in [6, 6.07) is 9.92. The van der Waals surface area contributed by atoms with Crippen molar-refractivity contribution < 1.29 is 9.53 Å². The van der Waals surface area contributed by atoms with Gasteiger partial charge in [-0.2, -0.15) is 5.10 Å². The molecule has 26 heavy (non-hydrogen) atoms. The van der Waals surface area contributed by atoms with Crippen molar-refractivity contribution in [1.82, 2.24) is 19.6 Å². The summed E-state index contributed by atoms with van der Waals surface area (Å²) in [4.78, 5) is 17.9. The van der Waals surface area contributed by atoms with Crippen molar-refractivity contribution in [2.75, 3.05) is 39.4 Å². The Morgan fingerprint density at radius 3 is 2.77 bits per heavy atom. The first-order valence-corrected chi connectivity index (χ1v) is 9.53. The average Bonchev–Trinajstić information content (AvgIpc) is 3.23. The average molecular weight is 354 g/mol. The molecule has 0 unspecified atom stereocenters. The van der Waals surface area contributed by atoms with Gasteiger partial charge in [0.15, 0.2) is 0 Å². The van der Waals surface area contributed by atoms with Gasteiger partial charge in [0.1, 0.15) is 0 Å². The number of benzene rings is 1. The SMILES string of the molecule is O=C(c1ccccc1-n1cccn1)N1CCCC[C@@H]1CN1CCOCC1. The first-order chi connectivity index (χ1) is 12.8. The van der Waals surface area contributed by atoms with Gasteiger partial charge in [-0.1, -0.05) is 12.1 Å². The lowest BCUT2D eigenvalue weighted by Crippen LogP contribution is -2.51. The van der Waals surface area contributed by atoms with Gasteiger partial charge < -0.3 is 9.64 Å². The monoisotopic (exact) mass is 354 g/mol. The summed E-state index contributed by atoms with van der Waals surface area (Å²) in [7, 11) is 0. The highest BCUT2D eigenvalue weighted by Crippen LogP contribution is 2.23. The highest BCUT2D eigenvalue weighted by Gasteiger charge is 2.30. The van der Waals surface area contributed by atoms with E-state index in [0.717, 1.165) is 63.5 Å². The number of hydrogen-bond acceptors (Lipinski definition) is 4. The molecule has 0 N–H and O–H groups in total. The number of carbonyl (C=O) groups excluding carboxylic acids is 1. The minimum Gasteiger partial charge on any atom is -0.379 e. The molecule has 6 heteroatoms. The number of likely N-dealkylation sites (tertiary alicyclic amines) is 1. The van der Waals surface area contributed by atoms with Gasteiger partial charge in [0.05, 0.1) is 24.5 Å². The van der Waals surface area contributed by atoms with E-state index in [2.05, 4.69) is 14.9 Å². The second-order valence-corrected chi connectivity index (χ2v) is 7.03. The van der Waals surface area contributed by atoms with E-state index >= 15 is 0 Å². The molecule has 3 heterocycles. The van der Waals surface area contributed by atoms with Crippen LogP contribution in [0.15, 0.2) is 42.7 Å². The summed E-state index contributed by atoms with van der Waals surface area (Å²) in [6.07, 6.45) is 6.97. The number of carbonyl (C=O) groups is 1. The van der Waals surface area contributed by atoms with E-state index in [1.54, 1.807) is 10.9 Å². The summed E-state index contributed by atoms with van der Waals surface area (Å²) < 4.78 is 7.23. The van der Waals surface area contributed by atoms with Crippen LogP contribution in [0.25, 0.3) is 5.69 Å². The van der Waals surface area contributed by atoms with E-state index < -0.39 is 0 Å². The molecular weight excluding hydrogens is 328 g/mol. The molecule has 1 amide bonds. The van der Waals surface area contributed by atoms with Gasteiger partial charge in [0, 0.05) is 44.6 Å². The second kappa shape index (κ2) is 8.01. The van der Waals surface area contributed by atoms with E-state index in [4.69, 9.17) is 4.74 Å². The molecule has 2 aliphatic rings. The topological polar surface area (TPSA) is 50.6 Å². The van der Waals surface area contributed by atoms with Crippen LogP contribution >= 0.6 is 0 Å². The van der Waals surface area contributed by atoms with E-state index in [9.17, 15) is 4.79 Å². The van der Waals surface area contributed by atoms with Crippen LogP contribution in [0.2, 0.25) is 0 Å². The van der Waals surface area contributed by atoms with Crippen LogP contribution < -0.4 is 0 Å². The largest absolute Gasteiger partial charge is 0.379 e. The molecule has 6 nitrogen and oxygen atoms in total. The zero-order valence-corrected chi connectivity index (χ0v) is 15.1. The molecule has 2 aliphatic heterocycles. The van der Waals surface area contributed by atoms with Crippen molar-refractivity contribution >= 4 is 5.91 Å². The molecule has 2 fully saturated rings. The summed E-state index contributed by atoms with van der Waals surface area (Å²) in [5.41, 5.74) is 1.57. The molecule has 0 bridgehead atoms. The first kappa shape index (κ1) is 17.2. The van der Waals surface area contributed by atoms with Gasteiger partial charge in [-0.15, -0.1) is 0 Å². The lowest BCUT2D eigenvalue weighted by atomic mass is 9.99. The van der Waals surface area contributed by atoms with Gasteiger partial charge in [-0.05, 0) is 37.5 Å². The number of morpholine rings is 1. The van der Waals surface area contributed by atoms with Gasteiger partial charge in [0.25, 0.3) is 5.91 Å². The van der Waals surface area contributed by atoms with Crippen molar-refractivity contribution in [2.45, 2.75) is 25.3 Å². The van der Waals surface area contributed by atoms with Gasteiger partial charge in [-0.25, -0.2) is 4.68 Å². The lowest BCUT2D eigenvalue weighted by molar-refractivity contribution is 0.0166. The molecule has 0 aliphatic carbocycles. The quantitative estimate of drug-likeness (QED) is 0.845. The summed E-state index contributed by atoms with van der Waals surface area (Å²) in [5.74, 6) is 0.119. The highest BCUT2D eigenvalue weighted by molar-refractivity contribution is 5.98. The Bertz CT molecular complexity index is 725. The standard InChI is InChI=1S/C20H26N4O2/c25-20(18-7-1-2-8-19(18)24-11-5-9-21-24)23-10-4-3-6-17(23)16-22-12-14-26-15-13-22/h1-2,5,7-9,11,17H,3-4,6,10,12-16H2/t17-/m1/s1. The fourth-order valence-corrected chi connectivity index (χ4v) is 3.96. The van der Waals surface area contributed by atoms with E-state index in [1.807, 2.05) is 36.5 Å². The Hall–Kier alpha value is -2.18. The first-order valence-electron chi connectivity index (χ1n) is 9.53. The predicted octanol–water partition coefficient (Wildman–Crippen LogP) is 2.20. The van der Waals surface area contributed by atoms with E-state index in [1.165, 1.54) is 6.42 Å². The van der Waals surface area contributed by atoms with Crippen molar-refractivity contribution in [2.24, 2.45) is 0 Å². The van der Waals surface area contributed by atoms with Crippen molar-refractivity contribution in [1.29, 1.82) is 0 Å². The van der Waals surface area contributed by atoms with Crippen LogP contribution in [0.3, 0.4) is 0 Å². The molecule has 4 rings (SSSR count). The maximum Gasteiger partial charge on any atom is 0.256 e. The summed E-state index contributed by atoms with van der Waals surface area (Å²) in [5, 5.41) is 4.31. The number of rotatable bonds is 4. The van der Waals surface area contributed by atoms with E-state index in [-0.39, 0.29) is 11.9 Å². The van der Waals surface area contributed by atoms with Crippen LogP contribution in [-0.4, -0.2) is 70.9 Å². The zero-order valence-electron chi connectivity index (χ0n) is 15.1. The molecule has 1 atom stereocenters. The number of amides is 1. The van der Waals surface area contributed by atoms with Crippen molar-refractivity contribution in [3.8, 4) is 5.69 Å². The van der Waals surface area contributed by atoms with Crippen LogP contribution in [-0.2, 0) is 4.74 Å². The molecule has 0 radical (unpaired) electrons. The third-order valence-corrected chi connectivity index (χ3v) is 5.35. The molecule has 1 aromatic carbocycles. The third-order valence-electron chi connectivity index (χ3n) is 5.35. The molecular formula is C20H26N4O2. The molecule has 0 spiro atoms. The number of aromatic nitrogens is 2. The Kier molecular flexibility index (Phi) is 5.32. The molecule has 1 aromatic heterocycles. The zero-order chi connectivity index (χ0) is 17.8. The lowest BCUT2D eigenvalue weighted by Gasteiger charge is -2.40. The smallest absolute Gasteiger partial charge is 0.256 e.